The monoisotopic (exact) mass is 382 g/mol. The van der Waals surface area contributed by atoms with Crippen LogP contribution in [0.15, 0.2) is 41.2 Å². The summed E-state index contributed by atoms with van der Waals surface area (Å²) in [4.78, 5) is 24.9. The Labute approximate surface area is 166 Å². The summed E-state index contributed by atoms with van der Waals surface area (Å²) in [5, 5.41) is 4.29. The molecule has 0 N–H and O–H groups in total. The summed E-state index contributed by atoms with van der Waals surface area (Å²) in [6, 6.07) is 11.2. The Morgan fingerprint density at radius 1 is 1.14 bits per heavy atom. The predicted octanol–water partition coefficient (Wildman–Crippen LogP) is 4.22. The topological polar surface area (TPSA) is 61.2 Å². The minimum atomic E-state index is -0.494. The number of carbonyl (C=O) groups is 1. The lowest BCUT2D eigenvalue weighted by molar-refractivity contribution is -0.158. The first-order valence-electron chi connectivity index (χ1n) is 10.1. The van der Waals surface area contributed by atoms with Crippen molar-refractivity contribution in [2.24, 2.45) is 5.92 Å². The van der Waals surface area contributed by atoms with E-state index in [0.717, 1.165) is 29.7 Å². The van der Waals surface area contributed by atoms with Crippen molar-refractivity contribution < 1.29 is 9.53 Å². The van der Waals surface area contributed by atoms with E-state index in [2.05, 4.69) is 5.10 Å². The van der Waals surface area contributed by atoms with Crippen molar-refractivity contribution >= 4 is 5.97 Å². The molecule has 0 spiro atoms. The van der Waals surface area contributed by atoms with E-state index in [4.69, 9.17) is 4.74 Å². The molecule has 2 aromatic rings. The number of rotatable bonds is 5. The van der Waals surface area contributed by atoms with Gasteiger partial charge in [0.15, 0.2) is 0 Å². The molecule has 5 nitrogen and oxygen atoms in total. The Morgan fingerprint density at radius 2 is 1.79 bits per heavy atom. The van der Waals surface area contributed by atoms with Gasteiger partial charge in [0.2, 0.25) is 0 Å². The van der Waals surface area contributed by atoms with Crippen molar-refractivity contribution in [2.45, 2.75) is 71.4 Å². The lowest BCUT2D eigenvalue weighted by Gasteiger charge is -2.27. The smallest absolute Gasteiger partial charge is 0.314 e. The molecular formula is C23H30N2O3. The largest absolute Gasteiger partial charge is 0.459 e. The van der Waals surface area contributed by atoms with Gasteiger partial charge in [-0.15, -0.1) is 0 Å². The van der Waals surface area contributed by atoms with Crippen LogP contribution in [-0.2, 0) is 16.1 Å². The van der Waals surface area contributed by atoms with Gasteiger partial charge in [-0.3, -0.25) is 9.59 Å². The predicted molar refractivity (Wildman–Crippen MR) is 109 cm³/mol. The molecule has 1 fully saturated rings. The number of hydrogen-bond donors (Lipinski definition) is 0. The van der Waals surface area contributed by atoms with E-state index in [0.29, 0.717) is 12.5 Å². The van der Waals surface area contributed by atoms with Gasteiger partial charge in [-0.05, 0) is 63.6 Å². The van der Waals surface area contributed by atoms with E-state index in [1.54, 1.807) is 6.07 Å². The number of carbonyl (C=O) groups excluding carboxylic acids is 1. The Balaban J connectivity index is 1.82. The van der Waals surface area contributed by atoms with Crippen LogP contribution < -0.4 is 5.56 Å². The zero-order valence-electron chi connectivity index (χ0n) is 17.3. The molecule has 5 heteroatoms. The van der Waals surface area contributed by atoms with Crippen LogP contribution in [0.2, 0.25) is 0 Å². The minimum absolute atomic E-state index is 0.118. The van der Waals surface area contributed by atoms with Crippen LogP contribution in [0.1, 0.15) is 69.2 Å². The average molecular weight is 383 g/mol. The van der Waals surface area contributed by atoms with Crippen molar-refractivity contribution in [2.75, 3.05) is 0 Å². The molecule has 0 radical (unpaired) electrons. The SMILES string of the molecule is Cc1ccc(=O)n(Cc2ccc(C(C(=O)OC(C)(C)C)C3CCCC3)cc2)n1. The summed E-state index contributed by atoms with van der Waals surface area (Å²) in [6.45, 7) is 8.01. The van der Waals surface area contributed by atoms with Gasteiger partial charge < -0.3 is 4.74 Å². The fourth-order valence-electron chi connectivity index (χ4n) is 3.92. The van der Waals surface area contributed by atoms with Gasteiger partial charge in [0.05, 0.1) is 18.2 Å². The summed E-state index contributed by atoms with van der Waals surface area (Å²) in [7, 11) is 0. The van der Waals surface area contributed by atoms with E-state index >= 15 is 0 Å². The van der Waals surface area contributed by atoms with Gasteiger partial charge in [-0.25, -0.2) is 4.68 Å². The van der Waals surface area contributed by atoms with Gasteiger partial charge in [-0.1, -0.05) is 37.1 Å². The summed E-state index contributed by atoms with van der Waals surface area (Å²) >= 11 is 0. The molecule has 1 atom stereocenters. The summed E-state index contributed by atoms with van der Waals surface area (Å²) in [5.41, 5.74) is 2.17. The second-order valence-corrected chi connectivity index (χ2v) is 8.77. The van der Waals surface area contributed by atoms with Crippen LogP contribution in [0.4, 0.5) is 0 Å². The van der Waals surface area contributed by atoms with Gasteiger partial charge in [0, 0.05) is 6.07 Å². The molecule has 150 valence electrons. The van der Waals surface area contributed by atoms with E-state index in [1.807, 2.05) is 52.0 Å². The number of esters is 1. The number of aryl methyl sites for hydroxylation is 1. The van der Waals surface area contributed by atoms with Gasteiger partial charge >= 0.3 is 5.97 Å². The number of aromatic nitrogens is 2. The van der Waals surface area contributed by atoms with E-state index in [1.165, 1.54) is 23.6 Å². The van der Waals surface area contributed by atoms with Crippen LogP contribution in [0.5, 0.6) is 0 Å². The third kappa shape index (κ3) is 5.09. The van der Waals surface area contributed by atoms with Crippen LogP contribution in [0.25, 0.3) is 0 Å². The molecule has 1 heterocycles. The van der Waals surface area contributed by atoms with Crippen molar-refractivity contribution in [1.82, 2.24) is 9.78 Å². The molecule has 1 aromatic heterocycles. The molecule has 0 amide bonds. The van der Waals surface area contributed by atoms with Crippen molar-refractivity contribution in [1.29, 1.82) is 0 Å². The maximum Gasteiger partial charge on any atom is 0.314 e. The van der Waals surface area contributed by atoms with Crippen molar-refractivity contribution in [3.63, 3.8) is 0 Å². The number of benzene rings is 1. The lowest BCUT2D eigenvalue weighted by atomic mass is 9.84. The Morgan fingerprint density at radius 3 is 2.39 bits per heavy atom. The maximum atomic E-state index is 12.9. The standard InChI is InChI=1S/C23H30N2O3/c1-16-9-14-20(26)25(24-16)15-17-10-12-19(13-11-17)21(18-7-5-6-8-18)22(27)28-23(2,3)4/h9-14,18,21H,5-8,15H2,1-4H3. The van der Waals surface area contributed by atoms with Crippen LogP contribution in [0, 0.1) is 12.8 Å². The van der Waals surface area contributed by atoms with Crippen molar-refractivity contribution in [3.05, 3.63) is 63.6 Å². The Hall–Kier alpha value is -2.43. The summed E-state index contributed by atoms with van der Waals surface area (Å²) < 4.78 is 7.19. The van der Waals surface area contributed by atoms with Crippen LogP contribution in [-0.4, -0.2) is 21.4 Å². The molecule has 1 saturated carbocycles. The normalized spacial score (nSPS) is 16.1. The third-order valence-corrected chi connectivity index (χ3v) is 5.20. The number of hydrogen-bond acceptors (Lipinski definition) is 4. The fraction of sp³-hybridized carbons (Fsp3) is 0.522. The highest BCUT2D eigenvalue weighted by atomic mass is 16.6. The lowest BCUT2D eigenvalue weighted by Crippen LogP contribution is -2.30. The molecule has 0 aliphatic heterocycles. The van der Waals surface area contributed by atoms with Gasteiger partial charge in [0.25, 0.3) is 5.56 Å². The molecule has 0 bridgehead atoms. The second kappa shape index (κ2) is 8.29. The van der Waals surface area contributed by atoms with Gasteiger partial charge in [-0.2, -0.15) is 5.10 Å². The molecule has 1 aromatic carbocycles. The third-order valence-electron chi connectivity index (χ3n) is 5.20. The van der Waals surface area contributed by atoms with E-state index in [9.17, 15) is 9.59 Å². The van der Waals surface area contributed by atoms with E-state index < -0.39 is 5.60 Å². The highest BCUT2D eigenvalue weighted by Crippen LogP contribution is 2.39. The van der Waals surface area contributed by atoms with Gasteiger partial charge in [0.1, 0.15) is 5.60 Å². The maximum absolute atomic E-state index is 12.9. The van der Waals surface area contributed by atoms with Crippen LogP contribution in [0.3, 0.4) is 0 Å². The summed E-state index contributed by atoms with van der Waals surface area (Å²) in [5.74, 6) is -0.0268. The van der Waals surface area contributed by atoms with Crippen LogP contribution >= 0.6 is 0 Å². The Bertz CT molecular complexity index is 872. The quantitative estimate of drug-likeness (QED) is 0.727. The fourth-order valence-corrected chi connectivity index (χ4v) is 3.92. The number of ether oxygens (including phenoxy) is 1. The average Bonchev–Trinajstić information content (AvgIpc) is 3.12. The Kier molecular flexibility index (Phi) is 6.01. The van der Waals surface area contributed by atoms with Crippen molar-refractivity contribution in [3.8, 4) is 0 Å². The molecule has 3 rings (SSSR count). The zero-order valence-corrected chi connectivity index (χ0v) is 17.3. The first-order valence-corrected chi connectivity index (χ1v) is 10.1. The molecule has 1 aliphatic carbocycles. The second-order valence-electron chi connectivity index (χ2n) is 8.77. The first kappa shape index (κ1) is 20.3. The summed E-state index contributed by atoms with van der Waals surface area (Å²) in [6.07, 6.45) is 4.47. The molecular weight excluding hydrogens is 352 g/mol. The molecule has 1 aliphatic rings. The highest BCUT2D eigenvalue weighted by Gasteiger charge is 2.35. The highest BCUT2D eigenvalue weighted by molar-refractivity contribution is 5.79. The zero-order chi connectivity index (χ0) is 20.3. The first-order chi connectivity index (χ1) is 13.2. The van der Waals surface area contributed by atoms with E-state index in [-0.39, 0.29) is 17.4 Å². The minimum Gasteiger partial charge on any atom is -0.459 e. The molecule has 1 unspecified atom stereocenters. The number of nitrogens with zero attached hydrogens (tertiary/aromatic N) is 2. The molecule has 28 heavy (non-hydrogen) atoms. The molecule has 0 saturated heterocycles.